The fourth-order valence-electron chi connectivity index (χ4n) is 0.0239. The second kappa shape index (κ2) is 4.01. The Morgan fingerprint density at radius 2 is 2.00 bits per heavy atom. The minimum atomic E-state index is -2.18. The maximum Gasteiger partial charge on any atom is 0.117 e. The zero-order chi connectivity index (χ0) is 6.78. The summed E-state index contributed by atoms with van der Waals surface area (Å²) in [5.41, 5.74) is -0.632. The quantitative estimate of drug-likeness (QED) is 0.267. The largest absolute Gasteiger partial charge is 0.238 e. The molecule has 0 aliphatic carbocycles. The zero-order valence-electron chi connectivity index (χ0n) is 3.27. The predicted octanol–water partition coefficient (Wildman–Crippen LogP) is 0.814. The molecular formula is HIO2S5. The van der Waals surface area contributed by atoms with Crippen LogP contribution in [0.15, 0.2) is 0 Å². The lowest BCUT2D eigenvalue weighted by Crippen LogP contribution is -1.98. The Labute approximate surface area is 75.5 Å². The van der Waals surface area contributed by atoms with E-state index >= 15 is 0 Å². The summed E-state index contributed by atoms with van der Waals surface area (Å²) in [4.78, 5) is 0. The van der Waals surface area contributed by atoms with E-state index in [1.807, 2.05) is 21.2 Å². The molecule has 0 rings (SSSR count). The van der Waals surface area contributed by atoms with Gasteiger partial charge in [0.15, 0.2) is 0 Å². The fourth-order valence-corrected chi connectivity index (χ4v) is 1.03. The molecule has 0 saturated carbocycles. The summed E-state index contributed by atoms with van der Waals surface area (Å²) >= 11 is 15.7. The van der Waals surface area contributed by atoms with Crippen molar-refractivity contribution < 1.29 is 9.59 Å². The van der Waals surface area contributed by atoms with E-state index in [-0.39, 0.29) is 0 Å². The van der Waals surface area contributed by atoms with E-state index in [1.54, 1.807) is 0 Å². The van der Waals surface area contributed by atoms with Crippen molar-refractivity contribution in [3.63, 3.8) is 0 Å². The zero-order valence-corrected chi connectivity index (χ0v) is 9.51. The van der Waals surface area contributed by atoms with E-state index in [2.05, 4.69) is 37.9 Å². The molecule has 0 aromatic rings. The standard InChI is InChI=1S/HIO2S5/c1-7(4)8(5,6)3-2/h2H. The van der Waals surface area contributed by atoms with Gasteiger partial charge in [0.05, 0.1) is 0 Å². The van der Waals surface area contributed by atoms with Crippen molar-refractivity contribution in [1.29, 1.82) is 0 Å². The molecule has 0 radical (unpaired) electrons. The highest BCUT2D eigenvalue weighted by molar-refractivity contribution is 14.2. The molecule has 1 N–H and O–H groups in total. The summed E-state index contributed by atoms with van der Waals surface area (Å²) in [7, 11) is 0. The van der Waals surface area contributed by atoms with Crippen LogP contribution in [0.2, 0.25) is 0 Å². The van der Waals surface area contributed by atoms with Crippen molar-refractivity contribution in [2.75, 3.05) is 0 Å². The molecule has 0 aromatic carbocycles. The molecular weight excluding hydrogens is 319 g/mol. The normalized spacial score (nSPS) is 15.8. The Balaban J connectivity index is 4.42. The minimum absolute atomic E-state index is 0.632. The van der Waals surface area contributed by atoms with E-state index in [0.717, 1.165) is 0 Å². The van der Waals surface area contributed by atoms with Crippen molar-refractivity contribution in [1.82, 2.24) is 0 Å². The smallest absolute Gasteiger partial charge is 0.117 e. The lowest BCUT2D eigenvalue weighted by Gasteiger charge is -1.98. The third-order valence-corrected chi connectivity index (χ3v) is 16.9. The maximum absolute atomic E-state index is 8.03. The van der Waals surface area contributed by atoms with Crippen LogP contribution < -0.4 is 0 Å². The summed E-state index contributed by atoms with van der Waals surface area (Å²) in [6.45, 7) is -2.18. The molecule has 0 fully saturated rings. The lowest BCUT2D eigenvalue weighted by molar-refractivity contribution is -0.117. The molecule has 50 valence electrons. The van der Waals surface area contributed by atoms with Gasteiger partial charge in [0.25, 0.3) is 0 Å². The summed E-state index contributed by atoms with van der Waals surface area (Å²) in [5, 5.41) is 8.03. The molecule has 0 aromatic heterocycles. The van der Waals surface area contributed by atoms with Gasteiger partial charge in [-0.3, -0.25) is 0 Å². The highest BCUT2D eigenvalue weighted by Crippen LogP contribution is 2.08. The van der Waals surface area contributed by atoms with Crippen LogP contribution in [0.25, 0.3) is 0 Å². The molecule has 8 heavy (non-hydrogen) atoms. The SMILES string of the molecule is OOS(=S)(=S)S(=S)I. The van der Waals surface area contributed by atoms with Gasteiger partial charge in [0, 0.05) is 26.9 Å². The molecule has 0 aliphatic rings. The Kier molecular flexibility index (Phi) is 5.01. The van der Waals surface area contributed by atoms with E-state index in [4.69, 9.17) is 5.26 Å². The van der Waals surface area contributed by atoms with Gasteiger partial charge < -0.3 is 0 Å². The molecule has 0 aliphatic heterocycles. The lowest BCUT2D eigenvalue weighted by atomic mass is 15.0. The van der Waals surface area contributed by atoms with Crippen LogP contribution in [0.1, 0.15) is 0 Å². The van der Waals surface area contributed by atoms with Crippen LogP contribution in [0.5, 0.6) is 0 Å². The monoisotopic (exact) mass is 320 g/mol. The van der Waals surface area contributed by atoms with Gasteiger partial charge >= 0.3 is 0 Å². The average molecular weight is 320 g/mol. The Morgan fingerprint density at radius 3 is 2.00 bits per heavy atom. The third-order valence-electron chi connectivity index (χ3n) is 0.252. The Bertz CT molecular complexity index is 177. The van der Waals surface area contributed by atoms with Gasteiger partial charge in [-0.15, -0.1) is 4.33 Å². The molecule has 0 bridgehead atoms. The van der Waals surface area contributed by atoms with Gasteiger partial charge in [0.1, 0.15) is 6.46 Å². The predicted molar refractivity (Wildman–Crippen MR) is 54.6 cm³/mol. The summed E-state index contributed by atoms with van der Waals surface area (Å²) < 4.78 is 3.81. The molecule has 8 heteroatoms. The molecule has 0 heterocycles. The first kappa shape index (κ1) is 10.0. The fraction of sp³-hybridized carbons (Fsp3) is 0. The van der Waals surface area contributed by atoms with E-state index in [1.165, 1.54) is 0 Å². The number of halogens is 1. The van der Waals surface area contributed by atoms with Crippen LogP contribution in [-0.4, -0.2) is 5.26 Å². The van der Waals surface area contributed by atoms with Gasteiger partial charge in [-0.05, 0) is 33.6 Å². The van der Waals surface area contributed by atoms with Crippen molar-refractivity contribution in [3.05, 3.63) is 0 Å². The van der Waals surface area contributed by atoms with Crippen molar-refractivity contribution in [3.8, 4) is 0 Å². The van der Waals surface area contributed by atoms with Crippen LogP contribution >= 0.6 is 21.2 Å². The first-order valence-corrected chi connectivity index (χ1v) is 9.79. The average Bonchev–Trinajstić information content (AvgIpc) is 1.67. The number of rotatable bonds is 2. The topological polar surface area (TPSA) is 29.5 Å². The second-order valence-electron chi connectivity index (χ2n) is 0.677. The molecule has 0 spiro atoms. The molecule has 1 atom stereocenters. The first-order chi connectivity index (χ1) is 3.50. The minimum Gasteiger partial charge on any atom is -0.238 e. The molecule has 0 saturated heterocycles. The molecule has 0 amide bonds. The van der Waals surface area contributed by atoms with Crippen molar-refractivity contribution in [2.24, 2.45) is 0 Å². The van der Waals surface area contributed by atoms with Gasteiger partial charge in [-0.2, -0.15) is 0 Å². The van der Waals surface area contributed by atoms with Gasteiger partial charge in [-0.1, -0.05) is 0 Å². The van der Waals surface area contributed by atoms with E-state index in [0.29, 0.717) is 0 Å². The van der Waals surface area contributed by atoms with Crippen LogP contribution in [0.3, 0.4) is 0 Å². The summed E-state index contributed by atoms with van der Waals surface area (Å²) in [6, 6.07) is 0. The highest BCUT2D eigenvalue weighted by Gasteiger charge is 2.01. The second-order valence-corrected chi connectivity index (χ2v) is 17.0. The highest BCUT2D eigenvalue weighted by atomic mass is 127. The van der Waals surface area contributed by atoms with Gasteiger partial charge in [-0.25, -0.2) is 5.26 Å². The summed E-state index contributed by atoms with van der Waals surface area (Å²) in [6.07, 6.45) is 0. The van der Waals surface area contributed by atoms with Crippen molar-refractivity contribution >= 4 is 66.9 Å². The van der Waals surface area contributed by atoms with Crippen molar-refractivity contribution in [2.45, 2.75) is 0 Å². The van der Waals surface area contributed by atoms with Crippen LogP contribution in [-0.2, 0) is 50.0 Å². The molecule has 2 nitrogen and oxygen atoms in total. The third kappa shape index (κ3) is 3.25. The van der Waals surface area contributed by atoms with Gasteiger partial charge in [0.2, 0.25) is 0 Å². The maximum atomic E-state index is 8.03. The Morgan fingerprint density at radius 1 is 1.62 bits per heavy atom. The Hall–Kier alpha value is 2.01. The first-order valence-electron chi connectivity index (χ1n) is 1.17. The number of hydrogen-bond donors (Lipinski definition) is 1. The van der Waals surface area contributed by atoms with Crippen LogP contribution in [0, 0.1) is 0 Å². The number of hydrogen-bond acceptors (Lipinski definition) is 5. The van der Waals surface area contributed by atoms with E-state index < -0.39 is 12.1 Å². The molecule has 1 unspecified atom stereocenters. The van der Waals surface area contributed by atoms with Crippen LogP contribution in [0.4, 0.5) is 0 Å². The van der Waals surface area contributed by atoms with E-state index in [9.17, 15) is 0 Å². The summed E-state index contributed by atoms with van der Waals surface area (Å²) in [5.74, 6) is 0.